The topological polar surface area (TPSA) is 40.9 Å². The second-order valence-corrected chi connectivity index (χ2v) is 6.14. The summed E-state index contributed by atoms with van der Waals surface area (Å²) in [5.41, 5.74) is 2.45. The van der Waals surface area contributed by atoms with Gasteiger partial charge in [-0.3, -0.25) is 4.79 Å². The molecule has 2 aromatic carbocycles. The number of benzene rings is 2. The zero-order valence-corrected chi connectivity index (χ0v) is 13.1. The van der Waals surface area contributed by atoms with Crippen molar-refractivity contribution < 1.29 is 4.79 Å². The summed E-state index contributed by atoms with van der Waals surface area (Å²) < 4.78 is 0.968. The van der Waals surface area contributed by atoms with Gasteiger partial charge in [-0.25, -0.2) is 0 Å². The fourth-order valence-electron chi connectivity index (χ4n) is 1.71. The summed E-state index contributed by atoms with van der Waals surface area (Å²) in [4.78, 5) is 12.0. The van der Waals surface area contributed by atoms with Gasteiger partial charge in [-0.1, -0.05) is 40.2 Å². The molecule has 0 spiro atoms. The van der Waals surface area contributed by atoms with E-state index in [1.807, 2.05) is 42.5 Å². The van der Waals surface area contributed by atoms with Crippen molar-refractivity contribution in [2.24, 2.45) is 0 Å². The Morgan fingerprint density at radius 1 is 1.20 bits per heavy atom. The van der Waals surface area contributed by atoms with Gasteiger partial charge in [0, 0.05) is 15.8 Å². The average molecular weight is 346 g/mol. The van der Waals surface area contributed by atoms with Gasteiger partial charge in [0.15, 0.2) is 5.78 Å². The monoisotopic (exact) mass is 345 g/mol. The first-order valence-corrected chi connectivity index (χ1v) is 7.99. The maximum Gasteiger partial charge on any atom is 0.172 e. The summed E-state index contributed by atoms with van der Waals surface area (Å²) in [6.07, 6.45) is 0. The Balaban J connectivity index is 1.88. The second kappa shape index (κ2) is 7.28. The molecular formula is C16H12BrNOS. The van der Waals surface area contributed by atoms with Crippen molar-refractivity contribution in [3.05, 3.63) is 69.7 Å². The third kappa shape index (κ3) is 4.22. The quantitative estimate of drug-likeness (QED) is 0.752. The average Bonchev–Trinajstić information content (AvgIpc) is 2.48. The highest BCUT2D eigenvalue weighted by Crippen LogP contribution is 2.16. The molecule has 0 atom stereocenters. The van der Waals surface area contributed by atoms with Crippen LogP contribution >= 0.6 is 27.7 Å². The van der Waals surface area contributed by atoms with Crippen molar-refractivity contribution in [3.63, 3.8) is 0 Å². The molecule has 4 heteroatoms. The van der Waals surface area contributed by atoms with Gasteiger partial charge in [-0.15, -0.1) is 11.8 Å². The van der Waals surface area contributed by atoms with Crippen molar-refractivity contribution in [3.8, 4) is 6.07 Å². The Morgan fingerprint density at radius 2 is 1.95 bits per heavy atom. The summed E-state index contributed by atoms with van der Waals surface area (Å²) in [5, 5.41) is 8.83. The van der Waals surface area contributed by atoms with Crippen LogP contribution in [-0.2, 0) is 5.75 Å². The zero-order valence-electron chi connectivity index (χ0n) is 10.7. The highest BCUT2D eigenvalue weighted by molar-refractivity contribution is 9.10. The molecule has 0 radical (unpaired) electrons. The number of halogens is 1. The van der Waals surface area contributed by atoms with Crippen molar-refractivity contribution >= 4 is 33.5 Å². The summed E-state index contributed by atoms with van der Waals surface area (Å²) in [5.74, 6) is 1.30. The number of nitrogens with zero attached hydrogens (tertiary/aromatic N) is 1. The first-order chi connectivity index (χ1) is 9.69. The molecule has 0 aliphatic carbocycles. The molecule has 2 aromatic rings. The van der Waals surface area contributed by atoms with E-state index < -0.39 is 0 Å². The minimum Gasteiger partial charge on any atom is -0.293 e. The van der Waals surface area contributed by atoms with Gasteiger partial charge in [0.25, 0.3) is 0 Å². The lowest BCUT2D eigenvalue weighted by atomic mass is 10.1. The van der Waals surface area contributed by atoms with Crippen LogP contribution in [0.4, 0.5) is 0 Å². The van der Waals surface area contributed by atoms with Gasteiger partial charge < -0.3 is 0 Å². The van der Waals surface area contributed by atoms with E-state index in [4.69, 9.17) is 5.26 Å². The van der Waals surface area contributed by atoms with Crippen LogP contribution < -0.4 is 0 Å². The number of rotatable bonds is 5. The molecule has 2 nitrogen and oxygen atoms in total. The fourth-order valence-corrected chi connectivity index (χ4v) is 2.85. The van der Waals surface area contributed by atoms with Crippen molar-refractivity contribution in [2.45, 2.75) is 5.75 Å². The molecule has 0 amide bonds. The van der Waals surface area contributed by atoms with E-state index >= 15 is 0 Å². The van der Waals surface area contributed by atoms with Crippen LogP contribution in [0, 0.1) is 11.3 Å². The lowest BCUT2D eigenvalue weighted by molar-refractivity contribution is 0.102. The van der Waals surface area contributed by atoms with Gasteiger partial charge in [0.1, 0.15) is 0 Å². The molecule has 2 rings (SSSR count). The van der Waals surface area contributed by atoms with Gasteiger partial charge in [-0.05, 0) is 29.8 Å². The Kier molecular flexibility index (Phi) is 5.40. The van der Waals surface area contributed by atoms with E-state index in [0.29, 0.717) is 11.3 Å². The summed E-state index contributed by atoms with van der Waals surface area (Å²) >= 11 is 4.91. The highest BCUT2D eigenvalue weighted by atomic mass is 79.9. The molecule has 0 aromatic heterocycles. The van der Waals surface area contributed by atoms with Crippen LogP contribution in [0.1, 0.15) is 21.5 Å². The van der Waals surface area contributed by atoms with Crippen LogP contribution in [0.25, 0.3) is 0 Å². The zero-order chi connectivity index (χ0) is 14.4. The van der Waals surface area contributed by atoms with Gasteiger partial charge in [-0.2, -0.15) is 5.26 Å². The number of nitriles is 1. The van der Waals surface area contributed by atoms with Crippen LogP contribution in [0.3, 0.4) is 0 Å². The Hall–Kier alpha value is -1.57. The smallest absolute Gasteiger partial charge is 0.172 e. The summed E-state index contributed by atoms with van der Waals surface area (Å²) in [7, 11) is 0. The van der Waals surface area contributed by atoms with E-state index in [0.717, 1.165) is 21.4 Å². The van der Waals surface area contributed by atoms with Crippen LogP contribution in [0.2, 0.25) is 0 Å². The first-order valence-electron chi connectivity index (χ1n) is 6.04. The molecule has 0 aliphatic heterocycles. The summed E-state index contributed by atoms with van der Waals surface area (Å²) in [6.45, 7) is 0. The van der Waals surface area contributed by atoms with Crippen LogP contribution in [0.5, 0.6) is 0 Å². The largest absolute Gasteiger partial charge is 0.293 e. The predicted molar refractivity (Wildman–Crippen MR) is 85.8 cm³/mol. The SMILES string of the molecule is N#Cc1cccc(CSCC(=O)c2ccc(Br)cc2)c1. The molecule has 100 valence electrons. The number of hydrogen-bond donors (Lipinski definition) is 0. The number of carbonyl (C=O) groups excluding carboxylic acids is 1. The second-order valence-electron chi connectivity index (χ2n) is 4.24. The summed E-state index contributed by atoms with van der Waals surface area (Å²) in [6, 6.07) is 17.0. The minimum absolute atomic E-state index is 0.124. The Bertz CT molecular complexity index is 646. The van der Waals surface area contributed by atoms with E-state index in [2.05, 4.69) is 22.0 Å². The molecule has 0 N–H and O–H groups in total. The molecule has 0 bridgehead atoms. The molecule has 0 heterocycles. The highest BCUT2D eigenvalue weighted by Gasteiger charge is 2.06. The third-order valence-corrected chi connectivity index (χ3v) is 4.26. The van der Waals surface area contributed by atoms with Crippen molar-refractivity contribution in [1.29, 1.82) is 5.26 Å². The molecule has 0 unspecified atom stereocenters. The van der Waals surface area contributed by atoms with Gasteiger partial charge in [0.2, 0.25) is 0 Å². The van der Waals surface area contributed by atoms with E-state index in [-0.39, 0.29) is 5.78 Å². The van der Waals surface area contributed by atoms with Crippen LogP contribution in [-0.4, -0.2) is 11.5 Å². The molecule has 0 saturated carbocycles. The molecule has 0 aliphatic rings. The van der Waals surface area contributed by atoms with Gasteiger partial charge >= 0.3 is 0 Å². The normalized spacial score (nSPS) is 10.0. The Morgan fingerprint density at radius 3 is 2.65 bits per heavy atom. The van der Waals surface area contributed by atoms with E-state index in [1.165, 1.54) is 0 Å². The predicted octanol–water partition coefficient (Wildman–Crippen LogP) is 4.44. The van der Waals surface area contributed by atoms with Crippen molar-refractivity contribution in [1.82, 2.24) is 0 Å². The lowest BCUT2D eigenvalue weighted by Crippen LogP contribution is -2.02. The molecule has 20 heavy (non-hydrogen) atoms. The molecular weight excluding hydrogens is 334 g/mol. The molecule has 0 saturated heterocycles. The number of hydrogen-bond acceptors (Lipinski definition) is 3. The number of Topliss-reactive ketones (excluding diaryl/α,β-unsaturated/α-hetero) is 1. The van der Waals surface area contributed by atoms with Gasteiger partial charge in [0.05, 0.1) is 17.4 Å². The maximum absolute atomic E-state index is 12.0. The molecule has 0 fully saturated rings. The maximum atomic E-state index is 12.0. The van der Waals surface area contributed by atoms with E-state index in [1.54, 1.807) is 17.8 Å². The fraction of sp³-hybridized carbons (Fsp3) is 0.125. The standard InChI is InChI=1S/C16H12BrNOS/c17-15-6-4-14(5-7-15)16(19)11-20-10-13-3-1-2-12(8-13)9-18/h1-8H,10-11H2. The number of carbonyl (C=O) groups is 1. The minimum atomic E-state index is 0.124. The lowest BCUT2D eigenvalue weighted by Gasteiger charge is -2.03. The van der Waals surface area contributed by atoms with Crippen LogP contribution in [0.15, 0.2) is 53.0 Å². The first kappa shape index (κ1) is 14.8. The third-order valence-electron chi connectivity index (χ3n) is 2.72. The number of ketones is 1. The Labute approximate surface area is 130 Å². The number of thioether (sulfide) groups is 1. The van der Waals surface area contributed by atoms with E-state index in [9.17, 15) is 4.79 Å². The van der Waals surface area contributed by atoms with Crippen molar-refractivity contribution in [2.75, 3.05) is 5.75 Å².